The lowest BCUT2D eigenvalue weighted by Crippen LogP contribution is -1.90. The molecule has 16 heavy (non-hydrogen) atoms. The number of benzene rings is 2. The van der Waals surface area contributed by atoms with Gasteiger partial charge in [0.05, 0.1) is 5.69 Å². The van der Waals surface area contributed by atoms with Crippen molar-refractivity contribution >= 4 is 59.2 Å². The molecule has 2 aromatic carbocycles. The molecule has 2 aromatic rings. The van der Waals surface area contributed by atoms with E-state index >= 15 is 0 Å². The first-order valence-corrected chi connectivity index (χ1v) is 7.01. The summed E-state index contributed by atoms with van der Waals surface area (Å²) in [5.74, 6) is 0. The van der Waals surface area contributed by atoms with E-state index in [0.29, 0.717) is 0 Å². The molecule has 0 atom stereocenters. The fourth-order valence-electron chi connectivity index (χ4n) is 1.31. The summed E-state index contributed by atoms with van der Waals surface area (Å²) < 4.78 is 3.15. The summed E-state index contributed by atoms with van der Waals surface area (Å²) in [7, 11) is 0. The van der Waals surface area contributed by atoms with Gasteiger partial charge in [0.25, 0.3) is 0 Å². The van der Waals surface area contributed by atoms with Crippen molar-refractivity contribution in [3.8, 4) is 0 Å². The Labute approximate surface area is 120 Å². The quantitative estimate of drug-likeness (QED) is 0.674. The highest BCUT2D eigenvalue weighted by atomic mass is 79.9. The normalized spacial score (nSPS) is 10.2. The average molecular weight is 406 g/mol. The zero-order valence-electron chi connectivity index (χ0n) is 8.18. The van der Waals surface area contributed by atoms with Gasteiger partial charge in [-0.2, -0.15) is 0 Å². The Balaban J connectivity index is 2.27. The Morgan fingerprint density at radius 3 is 2.25 bits per heavy atom. The van der Waals surface area contributed by atoms with E-state index < -0.39 is 0 Å². The lowest BCUT2D eigenvalue weighted by atomic mass is 10.3. The van der Waals surface area contributed by atoms with Gasteiger partial charge in [-0.1, -0.05) is 37.9 Å². The molecule has 0 aliphatic carbocycles. The molecule has 0 amide bonds. The second-order valence-corrected chi connectivity index (χ2v) is 5.95. The minimum absolute atomic E-state index is 1.03. The molecule has 0 aromatic heterocycles. The summed E-state index contributed by atoms with van der Waals surface area (Å²) >= 11 is 10.4. The number of anilines is 2. The van der Waals surface area contributed by atoms with Crippen molar-refractivity contribution in [1.29, 1.82) is 0 Å². The third-order valence-electron chi connectivity index (χ3n) is 2.03. The van der Waals surface area contributed by atoms with Gasteiger partial charge in [0.2, 0.25) is 0 Å². The van der Waals surface area contributed by atoms with Crippen LogP contribution in [-0.4, -0.2) is 0 Å². The van der Waals surface area contributed by atoms with Crippen molar-refractivity contribution in [2.24, 2.45) is 0 Å². The number of hydrogen-bond acceptors (Lipinski definition) is 1. The van der Waals surface area contributed by atoms with E-state index in [1.807, 2.05) is 42.5 Å². The lowest BCUT2D eigenvalue weighted by molar-refractivity contribution is 1.50. The summed E-state index contributed by atoms with van der Waals surface area (Å²) in [6.07, 6.45) is 0. The summed E-state index contributed by atoms with van der Waals surface area (Å²) in [6.45, 7) is 0. The van der Waals surface area contributed by atoms with Crippen LogP contribution in [-0.2, 0) is 0 Å². The smallest absolute Gasteiger partial charge is 0.0529 e. The van der Waals surface area contributed by atoms with Crippen LogP contribution < -0.4 is 5.32 Å². The summed E-state index contributed by atoms with van der Waals surface area (Å²) in [6, 6.07) is 14.1. The highest BCUT2D eigenvalue weighted by Crippen LogP contribution is 2.29. The van der Waals surface area contributed by atoms with E-state index in [-0.39, 0.29) is 0 Å². The average Bonchev–Trinajstić information content (AvgIpc) is 2.22. The molecule has 0 unspecified atom stereocenters. The first kappa shape index (κ1) is 12.1. The van der Waals surface area contributed by atoms with Gasteiger partial charge < -0.3 is 5.32 Å². The van der Waals surface area contributed by atoms with E-state index in [0.717, 1.165) is 24.8 Å². The van der Waals surface area contributed by atoms with Crippen molar-refractivity contribution < 1.29 is 0 Å². The van der Waals surface area contributed by atoms with Gasteiger partial charge in [-0.15, -0.1) is 0 Å². The summed E-state index contributed by atoms with van der Waals surface area (Å²) in [5.41, 5.74) is 2.10. The van der Waals surface area contributed by atoms with Crippen LogP contribution in [0.5, 0.6) is 0 Å². The van der Waals surface area contributed by atoms with Crippen LogP contribution in [0.1, 0.15) is 0 Å². The molecule has 0 aliphatic heterocycles. The number of nitrogens with one attached hydrogen (secondary N) is 1. The molecule has 0 fully saturated rings. The van der Waals surface area contributed by atoms with Crippen LogP contribution in [0.15, 0.2) is 55.9 Å². The van der Waals surface area contributed by atoms with Crippen molar-refractivity contribution in [2.45, 2.75) is 0 Å². The predicted octanol–water partition coefficient (Wildman–Crippen LogP) is 5.72. The third kappa shape index (κ3) is 3.09. The van der Waals surface area contributed by atoms with Gasteiger partial charge in [-0.3, -0.25) is 0 Å². The Morgan fingerprint density at radius 2 is 1.56 bits per heavy atom. The van der Waals surface area contributed by atoms with E-state index in [4.69, 9.17) is 0 Å². The van der Waals surface area contributed by atoms with Gasteiger partial charge in [0, 0.05) is 19.1 Å². The molecule has 1 N–H and O–H groups in total. The van der Waals surface area contributed by atoms with Crippen LogP contribution in [0, 0.1) is 0 Å². The van der Waals surface area contributed by atoms with Crippen LogP contribution in [0.4, 0.5) is 11.4 Å². The SMILES string of the molecule is Brc1cccc(Nc2ccc(Br)cc2Br)c1. The van der Waals surface area contributed by atoms with Gasteiger partial charge in [-0.25, -0.2) is 0 Å². The maximum absolute atomic E-state index is 3.52. The highest BCUT2D eigenvalue weighted by Gasteiger charge is 2.01. The number of rotatable bonds is 2. The fourth-order valence-corrected chi connectivity index (χ4v) is 2.86. The molecular weight excluding hydrogens is 398 g/mol. The predicted molar refractivity (Wildman–Crippen MR) is 79.3 cm³/mol. The zero-order chi connectivity index (χ0) is 11.5. The van der Waals surface area contributed by atoms with E-state index in [1.54, 1.807) is 0 Å². The third-order valence-corrected chi connectivity index (χ3v) is 3.68. The Bertz CT molecular complexity index is 511. The van der Waals surface area contributed by atoms with Crippen molar-refractivity contribution in [2.75, 3.05) is 5.32 Å². The van der Waals surface area contributed by atoms with E-state index in [2.05, 4.69) is 53.1 Å². The molecular formula is C12H8Br3N. The number of halogens is 3. The maximum Gasteiger partial charge on any atom is 0.0529 e. The van der Waals surface area contributed by atoms with Crippen LogP contribution >= 0.6 is 47.8 Å². The fraction of sp³-hybridized carbons (Fsp3) is 0. The first-order chi connectivity index (χ1) is 7.65. The second kappa shape index (κ2) is 5.34. The number of hydrogen-bond donors (Lipinski definition) is 1. The van der Waals surface area contributed by atoms with E-state index in [9.17, 15) is 0 Å². The first-order valence-electron chi connectivity index (χ1n) is 4.63. The van der Waals surface area contributed by atoms with Gasteiger partial charge in [-0.05, 0) is 52.3 Å². The van der Waals surface area contributed by atoms with Crippen LogP contribution in [0.3, 0.4) is 0 Å². The Hall–Kier alpha value is -0.320. The summed E-state index contributed by atoms with van der Waals surface area (Å²) in [4.78, 5) is 0. The summed E-state index contributed by atoms with van der Waals surface area (Å²) in [5, 5.41) is 3.34. The minimum atomic E-state index is 1.03. The zero-order valence-corrected chi connectivity index (χ0v) is 12.9. The molecule has 2 rings (SSSR count). The Morgan fingerprint density at radius 1 is 0.812 bits per heavy atom. The molecule has 0 aliphatic rings. The standard InChI is InChI=1S/C12H8Br3N/c13-8-2-1-3-10(6-8)16-12-5-4-9(14)7-11(12)15/h1-7,16H. The van der Waals surface area contributed by atoms with Crippen LogP contribution in [0.2, 0.25) is 0 Å². The minimum Gasteiger partial charge on any atom is -0.355 e. The largest absolute Gasteiger partial charge is 0.355 e. The molecule has 82 valence electrons. The highest BCUT2D eigenvalue weighted by molar-refractivity contribution is 9.11. The van der Waals surface area contributed by atoms with Crippen molar-refractivity contribution in [3.63, 3.8) is 0 Å². The topological polar surface area (TPSA) is 12.0 Å². The van der Waals surface area contributed by atoms with Gasteiger partial charge in [0.15, 0.2) is 0 Å². The van der Waals surface area contributed by atoms with Crippen molar-refractivity contribution in [1.82, 2.24) is 0 Å². The monoisotopic (exact) mass is 403 g/mol. The molecule has 0 saturated carbocycles. The molecule has 0 bridgehead atoms. The van der Waals surface area contributed by atoms with Crippen molar-refractivity contribution in [3.05, 3.63) is 55.9 Å². The molecule has 0 heterocycles. The van der Waals surface area contributed by atoms with Gasteiger partial charge >= 0.3 is 0 Å². The van der Waals surface area contributed by atoms with Crippen LogP contribution in [0.25, 0.3) is 0 Å². The molecule has 0 saturated heterocycles. The molecule has 4 heteroatoms. The molecule has 0 spiro atoms. The van der Waals surface area contributed by atoms with Gasteiger partial charge in [0.1, 0.15) is 0 Å². The Kier molecular flexibility index (Phi) is 4.05. The van der Waals surface area contributed by atoms with E-state index in [1.165, 1.54) is 0 Å². The molecule has 0 radical (unpaired) electrons. The molecule has 1 nitrogen and oxygen atoms in total. The second-order valence-electron chi connectivity index (χ2n) is 3.26. The lowest BCUT2D eigenvalue weighted by Gasteiger charge is -2.09. The maximum atomic E-state index is 3.52.